The van der Waals surface area contributed by atoms with Gasteiger partial charge in [-0.15, -0.1) is 0 Å². The first kappa shape index (κ1) is 34.4. The summed E-state index contributed by atoms with van der Waals surface area (Å²) >= 11 is 0. The smallest absolute Gasteiger partial charge is 0.545 e. The van der Waals surface area contributed by atoms with Crippen molar-refractivity contribution < 1.29 is 67.0 Å². The molecule has 4 saturated heterocycles. The van der Waals surface area contributed by atoms with E-state index in [1.54, 1.807) is 24.5 Å². The summed E-state index contributed by atoms with van der Waals surface area (Å²) in [5.41, 5.74) is 1.99. The van der Waals surface area contributed by atoms with Gasteiger partial charge >= 0.3 is 37.7 Å². The number of nitrogens with zero attached hydrogens (tertiary/aromatic N) is 6. The van der Waals surface area contributed by atoms with Crippen molar-refractivity contribution in [2.45, 2.75) is 0 Å². The molecule has 0 bridgehead atoms. The Morgan fingerprint density at radius 3 is 1.29 bits per heavy atom. The van der Waals surface area contributed by atoms with Gasteiger partial charge in [-0.05, 0) is 12.1 Å². The van der Waals surface area contributed by atoms with Crippen LogP contribution < -0.4 is 57.7 Å². The Bertz CT molecular complexity index is 1070. The number of hydrogen-bond acceptors (Lipinski definition) is 12. The first-order valence-corrected chi connectivity index (χ1v) is 13.9. The fourth-order valence-corrected chi connectivity index (χ4v) is 5.31. The van der Waals surface area contributed by atoms with Gasteiger partial charge in [0.25, 0.3) is 0 Å². The van der Waals surface area contributed by atoms with Crippen molar-refractivity contribution in [1.29, 1.82) is 0 Å². The molecule has 216 valence electrons. The molecule has 14 heteroatoms. The van der Waals surface area contributed by atoms with Gasteiger partial charge in [0.05, 0.1) is 62.1 Å². The van der Waals surface area contributed by atoms with Crippen LogP contribution in [0.1, 0.15) is 20.7 Å². The van der Waals surface area contributed by atoms with E-state index >= 15 is 0 Å². The second-order valence-electron chi connectivity index (χ2n) is 10.8. The Morgan fingerprint density at radius 2 is 1.00 bits per heavy atom. The van der Waals surface area contributed by atoms with Crippen LogP contribution in [-0.4, -0.2) is 124 Å². The first-order chi connectivity index (χ1) is 19.4. The molecule has 0 atom stereocenters. The van der Waals surface area contributed by atoms with Crippen LogP contribution in [0.4, 0.5) is 11.4 Å². The van der Waals surface area contributed by atoms with Gasteiger partial charge in [-0.1, -0.05) is 0 Å². The number of piperazine rings is 2. The van der Waals surface area contributed by atoms with Crippen molar-refractivity contribution in [2.24, 2.45) is 11.8 Å². The summed E-state index contributed by atoms with van der Waals surface area (Å²) in [5.74, 6) is -0.986. The van der Waals surface area contributed by atoms with Crippen LogP contribution in [0.3, 0.4) is 0 Å². The molecule has 2 aromatic heterocycles. The molecule has 0 aliphatic carbocycles. The average molecular weight is 567 g/mol. The quantitative estimate of drug-likeness (QED) is 0.281. The normalized spacial score (nSPS) is 19.7. The summed E-state index contributed by atoms with van der Waals surface area (Å²) in [6.07, 6.45) is 6.07. The third kappa shape index (κ3) is 9.44. The van der Waals surface area contributed by atoms with Gasteiger partial charge in [-0.3, -0.25) is 19.8 Å². The summed E-state index contributed by atoms with van der Waals surface area (Å²) in [4.78, 5) is 38.9. The number of carbonyl (C=O) groups is 2. The van der Waals surface area contributed by atoms with E-state index < -0.39 is 11.9 Å². The van der Waals surface area contributed by atoms with E-state index in [4.69, 9.17) is 9.47 Å². The second-order valence-corrected chi connectivity index (χ2v) is 10.8. The number of ether oxygens (including phenoxy) is 2. The van der Waals surface area contributed by atoms with Gasteiger partial charge in [-0.25, -0.2) is 0 Å². The molecule has 42 heavy (non-hydrogen) atoms. The molecular formula is C28H36Li2N6O6. The average Bonchev–Trinajstić information content (AvgIpc) is 2.94. The van der Waals surface area contributed by atoms with E-state index in [0.29, 0.717) is 11.8 Å². The summed E-state index contributed by atoms with van der Waals surface area (Å²) in [6.45, 7) is 13.3. The molecule has 12 nitrogen and oxygen atoms in total. The zero-order chi connectivity index (χ0) is 27.9. The van der Waals surface area contributed by atoms with Gasteiger partial charge in [-0.2, -0.15) is 0 Å². The van der Waals surface area contributed by atoms with Gasteiger partial charge in [0.1, 0.15) is 0 Å². The van der Waals surface area contributed by atoms with Crippen molar-refractivity contribution in [3.05, 3.63) is 48.0 Å². The number of carbonyl (C=O) groups excluding carboxylic acids is 2. The second kappa shape index (κ2) is 16.6. The number of aromatic carboxylic acids is 2. The molecule has 6 heterocycles. The third-order valence-corrected chi connectivity index (χ3v) is 7.84. The molecule has 0 amide bonds. The van der Waals surface area contributed by atoms with Gasteiger partial charge in [0, 0.05) is 101 Å². The van der Waals surface area contributed by atoms with Crippen molar-refractivity contribution >= 4 is 23.3 Å². The van der Waals surface area contributed by atoms with Gasteiger partial charge in [0.15, 0.2) is 0 Å². The Balaban J connectivity index is 0.000000220. The number of anilines is 2. The molecule has 0 radical (unpaired) electrons. The summed E-state index contributed by atoms with van der Waals surface area (Å²) in [5, 5.41) is 21.7. The minimum atomic E-state index is -1.18. The minimum absolute atomic E-state index is 0. The van der Waals surface area contributed by atoms with Crippen molar-refractivity contribution in [2.75, 3.05) is 102 Å². The summed E-state index contributed by atoms with van der Waals surface area (Å²) in [6, 6.07) is 3.27. The molecule has 0 N–H and O–H groups in total. The summed E-state index contributed by atoms with van der Waals surface area (Å²) < 4.78 is 10.4. The topological polar surface area (TPSA) is 137 Å². The van der Waals surface area contributed by atoms with Crippen molar-refractivity contribution in [1.82, 2.24) is 19.8 Å². The van der Waals surface area contributed by atoms with Gasteiger partial charge in [0.2, 0.25) is 0 Å². The Morgan fingerprint density at radius 1 is 0.643 bits per heavy atom. The molecule has 6 rings (SSSR count). The molecule has 0 aromatic carbocycles. The largest absolute Gasteiger partial charge is 1.00 e. The van der Waals surface area contributed by atoms with E-state index in [-0.39, 0.29) is 48.8 Å². The predicted octanol–water partition coefficient (Wildman–Crippen LogP) is -7.57. The van der Waals surface area contributed by atoms with E-state index in [1.165, 1.54) is 12.4 Å². The number of rotatable bonds is 8. The zero-order valence-corrected chi connectivity index (χ0v) is 24.7. The van der Waals surface area contributed by atoms with Crippen LogP contribution in [0.15, 0.2) is 36.9 Å². The van der Waals surface area contributed by atoms with Crippen molar-refractivity contribution in [3.8, 4) is 0 Å². The number of aromatic nitrogens is 2. The molecule has 0 unspecified atom stereocenters. The standard InChI is InChI=1S/2C14H19N3O3.2Li/c2*18-14(19)12-5-13(7-15-6-12)17-3-1-16(2-4-17)8-11-9-20-10-11;;/h2*5-7,11H,1-4,8-10H2,(H,18,19);;/q;;2*+1/p-2. The molecule has 4 aliphatic rings. The number of carboxylic acid groups (broad SMARTS) is 2. The van der Waals surface area contributed by atoms with Crippen LogP contribution in [0.25, 0.3) is 0 Å². The van der Waals surface area contributed by atoms with E-state index in [0.717, 1.165) is 103 Å². The Kier molecular flexibility index (Phi) is 13.6. The number of carboxylic acids is 2. The van der Waals surface area contributed by atoms with Crippen LogP contribution in [0, 0.1) is 11.8 Å². The molecule has 4 fully saturated rings. The maximum absolute atomic E-state index is 10.9. The SMILES string of the molecule is O=C([O-])c1cncc(N2CCN(CC3COC3)CC2)c1.O=C([O-])c1cncc(N2CCN(CC3COC3)CC2)c1.[Li+].[Li+]. The van der Waals surface area contributed by atoms with E-state index in [1.807, 2.05) is 0 Å². The maximum Gasteiger partial charge on any atom is 1.00 e. The van der Waals surface area contributed by atoms with E-state index in [2.05, 4.69) is 29.6 Å². The number of hydrogen-bond donors (Lipinski definition) is 0. The maximum atomic E-state index is 10.9. The molecule has 0 spiro atoms. The van der Waals surface area contributed by atoms with Crippen LogP contribution in [-0.2, 0) is 9.47 Å². The minimum Gasteiger partial charge on any atom is -0.545 e. The fourth-order valence-electron chi connectivity index (χ4n) is 5.31. The number of pyridine rings is 2. The fraction of sp³-hybridized carbons (Fsp3) is 0.571. The third-order valence-electron chi connectivity index (χ3n) is 7.84. The van der Waals surface area contributed by atoms with E-state index in [9.17, 15) is 19.8 Å². The first-order valence-electron chi connectivity index (χ1n) is 13.9. The van der Waals surface area contributed by atoms with Crippen LogP contribution >= 0.6 is 0 Å². The summed E-state index contributed by atoms with van der Waals surface area (Å²) in [7, 11) is 0. The Labute approximate surface area is 270 Å². The van der Waals surface area contributed by atoms with Gasteiger partial charge < -0.3 is 39.1 Å². The van der Waals surface area contributed by atoms with Crippen molar-refractivity contribution in [3.63, 3.8) is 0 Å². The molecule has 4 aliphatic heterocycles. The monoisotopic (exact) mass is 566 g/mol. The Hall–Kier alpha value is -2.13. The van der Waals surface area contributed by atoms with Crippen LogP contribution in [0.2, 0.25) is 0 Å². The molecular weight excluding hydrogens is 530 g/mol. The molecule has 2 aromatic rings. The van der Waals surface area contributed by atoms with Crippen LogP contribution in [0.5, 0.6) is 0 Å². The zero-order valence-electron chi connectivity index (χ0n) is 24.7. The predicted molar refractivity (Wildman–Crippen MR) is 143 cm³/mol. The molecule has 0 saturated carbocycles.